The highest BCUT2D eigenvalue weighted by molar-refractivity contribution is 7.80. The first-order chi connectivity index (χ1) is 60.4. The van der Waals surface area contributed by atoms with Gasteiger partial charge in [0, 0.05) is 96.6 Å². The molecule has 43 heteroatoms. The number of aromatic hydroxyl groups is 1. The van der Waals surface area contributed by atoms with Gasteiger partial charge in [0.25, 0.3) is 0 Å². The molecule has 0 aliphatic rings. The van der Waals surface area contributed by atoms with Crippen LogP contribution in [0, 0.1) is 5.92 Å². The summed E-state index contributed by atoms with van der Waals surface area (Å²) in [6.07, 6.45) is 2.40. The van der Waals surface area contributed by atoms with Crippen LogP contribution in [0.4, 0.5) is 0 Å². The van der Waals surface area contributed by atoms with Crippen molar-refractivity contribution in [1.82, 2.24) is 99.7 Å². The number of phenolic OH excluding ortho intramolecular Hbond substituents is 1. The summed E-state index contributed by atoms with van der Waals surface area (Å²) in [5.74, 6) is -18.9. The second-order valence-corrected chi connectivity index (χ2v) is 31.5. The first-order valence-electron chi connectivity index (χ1n) is 40.8. The molecular weight excluding hydrogens is 1690 g/mol. The van der Waals surface area contributed by atoms with Gasteiger partial charge in [-0.15, -0.1) is 0 Å². The van der Waals surface area contributed by atoms with Crippen LogP contribution in [0.5, 0.6) is 5.75 Å². The number of amides is 15. The molecule has 15 atom stereocenters. The number of carboxylic acid groups (broad SMARTS) is 2. The number of thiol groups is 2. The number of unbranched alkanes of at least 4 members (excludes halogenated alkanes) is 1. The number of hydrogen-bond donors (Lipinski definition) is 25. The molecule has 0 radical (unpaired) electrons. The molecule has 0 aliphatic heterocycles. The van der Waals surface area contributed by atoms with Crippen molar-refractivity contribution in [3.8, 4) is 5.75 Å². The Morgan fingerprint density at radius 2 is 0.827 bits per heavy atom. The Balaban J connectivity index is 1.10. The first kappa shape index (κ1) is 101. The monoisotopic (exact) mass is 1800 g/mol. The van der Waals surface area contributed by atoms with Crippen molar-refractivity contribution in [2.75, 3.05) is 24.6 Å². The quantitative estimate of drug-likeness (QED) is 0.0135. The molecule has 3 aromatic heterocycles. The fraction of sp³-hybridized carbons (Fsp3) is 0.429. The van der Waals surface area contributed by atoms with Crippen LogP contribution in [0.15, 0.2) is 128 Å². The molecule has 0 fully saturated rings. The molecule has 0 aliphatic carbocycles. The van der Waals surface area contributed by atoms with Crippen LogP contribution in [0.3, 0.4) is 0 Å². The number of phenols is 1. The summed E-state index contributed by atoms with van der Waals surface area (Å²) in [6, 6.07) is 6.07. The van der Waals surface area contributed by atoms with E-state index in [1.54, 1.807) is 105 Å². The second-order valence-electron chi connectivity index (χ2n) is 30.7. The number of rotatable bonds is 50. The fourth-order valence-electron chi connectivity index (χ4n) is 13.3. The van der Waals surface area contributed by atoms with Gasteiger partial charge in [-0.2, -0.15) is 25.3 Å². The van der Waals surface area contributed by atoms with E-state index in [0.717, 1.165) is 13.8 Å². The number of nitrogens with one attached hydrogen (secondary N) is 18. The minimum Gasteiger partial charge on any atom is -0.508 e. The number of nitrogens with zero attached hydrogens (tertiary/aromatic N) is 1. The zero-order valence-corrected chi connectivity index (χ0v) is 72.5. The number of carbonyl (C=O) groups is 17. The maximum Gasteiger partial charge on any atom is 0.326 e. The van der Waals surface area contributed by atoms with Gasteiger partial charge < -0.3 is 121 Å². The third-order valence-corrected chi connectivity index (χ3v) is 21.0. The number of imidazole rings is 1. The van der Waals surface area contributed by atoms with Gasteiger partial charge in [0.15, 0.2) is 0 Å². The van der Waals surface area contributed by atoms with Crippen LogP contribution in [0.25, 0.3) is 21.8 Å². The summed E-state index contributed by atoms with van der Waals surface area (Å²) in [6.45, 7) is 8.76. The van der Waals surface area contributed by atoms with Crippen molar-refractivity contribution in [3.63, 3.8) is 0 Å². The summed E-state index contributed by atoms with van der Waals surface area (Å²) in [4.78, 5) is 248. The largest absolute Gasteiger partial charge is 0.508 e. The number of benzene rings is 4. The van der Waals surface area contributed by atoms with E-state index in [1.807, 2.05) is 0 Å². The lowest BCUT2D eigenvalue weighted by atomic mass is 9.99. The van der Waals surface area contributed by atoms with Gasteiger partial charge in [-0.05, 0) is 106 Å². The lowest BCUT2D eigenvalue weighted by molar-refractivity contribution is -0.142. The molecule has 24 N–H and O–H groups in total. The second kappa shape index (κ2) is 49.3. The van der Waals surface area contributed by atoms with Crippen molar-refractivity contribution in [2.45, 2.75) is 197 Å². The third-order valence-electron chi connectivity index (χ3n) is 20.3. The normalized spacial score (nSPS) is 14.7. The van der Waals surface area contributed by atoms with Gasteiger partial charge in [-0.25, -0.2) is 9.78 Å². The van der Waals surface area contributed by atoms with Gasteiger partial charge in [-0.1, -0.05) is 92.7 Å². The topological polar surface area (TPSA) is 638 Å². The molecule has 3 heterocycles. The minimum absolute atomic E-state index is 0.0827. The maximum atomic E-state index is 15.3. The van der Waals surface area contributed by atoms with Gasteiger partial charge >= 0.3 is 11.9 Å². The number of carboxylic acids is 2. The lowest BCUT2D eigenvalue weighted by Gasteiger charge is -2.29. The van der Waals surface area contributed by atoms with Crippen molar-refractivity contribution in [1.29, 1.82) is 0 Å². The molecule has 0 bridgehead atoms. The van der Waals surface area contributed by atoms with E-state index in [9.17, 15) is 92.3 Å². The Morgan fingerprint density at radius 1 is 0.417 bits per heavy atom. The molecular formula is C84H110N20O21S2. The van der Waals surface area contributed by atoms with E-state index >= 15 is 9.59 Å². The lowest BCUT2D eigenvalue weighted by Crippen LogP contribution is -2.62. The summed E-state index contributed by atoms with van der Waals surface area (Å²) >= 11 is 8.49. The highest BCUT2D eigenvalue weighted by Gasteiger charge is 2.40. The van der Waals surface area contributed by atoms with E-state index in [0.29, 0.717) is 63.4 Å². The predicted molar refractivity (Wildman–Crippen MR) is 468 cm³/mol. The van der Waals surface area contributed by atoms with Gasteiger partial charge in [-0.3, -0.25) is 76.7 Å². The molecule has 0 spiro atoms. The molecule has 15 amide bonds. The molecule has 4 aromatic carbocycles. The van der Waals surface area contributed by atoms with Crippen LogP contribution >= 0.6 is 25.3 Å². The number of para-hydroxylation sites is 2. The molecule has 127 heavy (non-hydrogen) atoms. The molecule has 7 rings (SSSR count). The standard InChI is InChI=1S/C84H110N20O21S2/c1-42(2)69(103-78(118)62(32-51-36-88-57-22-14-12-20-55(51)57)99-77(117)64(34-68(109)110)96-73(113)45(5)93-80(120)65(39-126)94-47(7)106)82(122)102-66(40-127)81(121)97-60(30-49-24-26-53(107)27-25-49)75(115)98-61(31-50-35-87-56-21-13-11-19-54(50)56)76(116)100-63(33-52-37-86-41-90-52)79(119)104-70(46(6)105)83(123)101-59(29-48-17-9-8-10-18-48)74(114)89-38-67(108)91-43(3)71(111)92-44(4)72(112)95-58(84(124)125)23-15-16-28-85/h8-14,17-22,24-27,35-37,41-46,58-66,69-70,87-88,105,107,126-127H,15-16,23,28-34,38-40,85H2,1-7H3,(H,86,90)(H,89,114)(H,91,108)(H,92,111)(H,93,120)(H,94,106)(H,95,112)(H,96,113)(H,97,121)(H,98,115)(H,99,117)(H,100,116)(H,101,123)(H,102,122)(H,103,118)(H,104,119)(H,109,110)(H,124,125)/t43-,44-,45-,46+,58+,59-,60-,61-,62-,63-,64-,65-,66-,69-,70-/m0/s1. The van der Waals surface area contributed by atoms with Crippen molar-refractivity contribution in [2.24, 2.45) is 11.7 Å². The summed E-state index contributed by atoms with van der Waals surface area (Å²) < 4.78 is 0. The summed E-state index contributed by atoms with van der Waals surface area (Å²) in [5.41, 5.74) is 8.77. The number of hydrogen-bond acceptors (Lipinski definition) is 23. The van der Waals surface area contributed by atoms with Crippen LogP contribution in [0.2, 0.25) is 0 Å². The SMILES string of the molecule is CC(=O)N[C@@H](CS)C(=O)N[C@@H](C)C(=O)N[C@@H](CC(=O)O)C(=O)N[C@@H](Cc1c[nH]c2ccccc12)C(=O)N[C@H](C(=O)N[C@@H](CS)C(=O)N[C@@H](Cc1ccc(O)cc1)C(=O)N[C@@H](Cc1c[nH]c2ccccc12)C(=O)N[C@@H](Cc1cnc[nH]1)C(=O)N[C@H](C(=O)N[C@@H](Cc1ccccc1)C(=O)NCC(=O)N[C@@H](C)C(=O)N[C@@H](C)C(=O)N[C@H](CCCCN)C(=O)O)[C@@H](C)O)C(C)C. The average molecular weight is 1800 g/mol. The summed E-state index contributed by atoms with van der Waals surface area (Å²) in [7, 11) is 0. The van der Waals surface area contributed by atoms with E-state index in [4.69, 9.17) is 5.73 Å². The Morgan fingerprint density at radius 3 is 1.32 bits per heavy atom. The first-order valence-corrected chi connectivity index (χ1v) is 42.1. The zero-order valence-electron chi connectivity index (χ0n) is 70.7. The van der Waals surface area contributed by atoms with Crippen molar-refractivity contribution >= 4 is 148 Å². The predicted octanol–water partition coefficient (Wildman–Crippen LogP) is -2.84. The molecule has 41 nitrogen and oxygen atoms in total. The third kappa shape index (κ3) is 31.3. The number of fused-ring (bicyclic) bond motifs is 2. The molecule has 7 aromatic rings. The van der Waals surface area contributed by atoms with Crippen LogP contribution in [0.1, 0.15) is 102 Å². The van der Waals surface area contributed by atoms with E-state index in [2.05, 4.69) is 125 Å². The Labute approximate surface area is 740 Å². The van der Waals surface area contributed by atoms with E-state index in [-0.39, 0.29) is 55.7 Å². The van der Waals surface area contributed by atoms with E-state index < -0.39 is 216 Å². The van der Waals surface area contributed by atoms with E-state index in [1.165, 1.54) is 57.6 Å². The zero-order chi connectivity index (χ0) is 93.3. The highest BCUT2D eigenvalue weighted by Crippen LogP contribution is 2.23. The molecule has 0 saturated carbocycles. The smallest absolute Gasteiger partial charge is 0.326 e. The summed E-state index contributed by atoms with van der Waals surface area (Å²) in [5, 5.41) is 79.9. The average Bonchev–Trinajstić information content (AvgIpc) is 1.71. The maximum absolute atomic E-state index is 15.3. The van der Waals surface area contributed by atoms with Crippen molar-refractivity contribution < 1.29 is 102 Å². The number of H-pyrrole nitrogens is 3. The Bertz CT molecular complexity index is 5010. The Kier molecular flexibility index (Phi) is 39.1. The van der Waals surface area contributed by atoms with Crippen LogP contribution in [-0.4, -0.2) is 256 Å². The van der Waals surface area contributed by atoms with Crippen molar-refractivity contribution in [3.05, 3.63) is 156 Å². The van der Waals surface area contributed by atoms with Gasteiger partial charge in [0.2, 0.25) is 88.6 Å². The molecule has 684 valence electrons. The van der Waals surface area contributed by atoms with Crippen LogP contribution < -0.4 is 85.5 Å². The number of nitrogens with two attached hydrogens (primary N) is 1. The number of carbonyl (C=O) groups excluding carboxylic acids is 15. The molecule has 0 saturated heterocycles. The van der Waals surface area contributed by atoms with Gasteiger partial charge in [0.05, 0.1) is 25.4 Å². The number of aliphatic hydroxyl groups is 1. The number of aromatic nitrogens is 4. The number of aromatic amines is 3. The number of aliphatic carboxylic acids is 2. The van der Waals surface area contributed by atoms with Gasteiger partial charge in [0.1, 0.15) is 90.3 Å². The Hall–Kier alpha value is -13.4. The minimum atomic E-state index is -1.90. The van der Waals surface area contributed by atoms with Crippen LogP contribution in [-0.2, 0) is 114 Å². The number of aliphatic hydroxyl groups excluding tert-OH is 1. The molecule has 0 unspecified atom stereocenters. The fourth-order valence-corrected chi connectivity index (χ4v) is 13.8. The highest BCUT2D eigenvalue weighted by atomic mass is 32.1.